The third kappa shape index (κ3) is 2.53. The summed E-state index contributed by atoms with van der Waals surface area (Å²) in [5, 5.41) is 6.48. The summed E-state index contributed by atoms with van der Waals surface area (Å²) in [6.07, 6.45) is 0. The van der Waals surface area contributed by atoms with Crippen molar-refractivity contribution in [1.82, 2.24) is 20.5 Å². The Bertz CT molecular complexity index is 103. The van der Waals surface area contributed by atoms with E-state index in [9.17, 15) is 0 Å². The molecule has 0 aliphatic heterocycles. The highest BCUT2D eigenvalue weighted by Crippen LogP contribution is 1.99. The second-order valence-electron chi connectivity index (χ2n) is 2.79. The molecule has 0 heterocycles. The Morgan fingerprint density at radius 2 is 1.73 bits per heavy atom. The Kier molecular flexibility index (Phi) is 4.86. The van der Waals surface area contributed by atoms with Crippen molar-refractivity contribution < 1.29 is 0 Å². The molecule has 0 saturated carbocycles. The molecule has 0 atom stereocenters. The Labute approximate surface area is 72.2 Å². The van der Waals surface area contributed by atoms with Crippen LogP contribution in [0.25, 0.3) is 0 Å². The van der Waals surface area contributed by atoms with Crippen molar-refractivity contribution in [1.29, 1.82) is 0 Å². The van der Waals surface area contributed by atoms with E-state index in [1.165, 1.54) is 0 Å². The van der Waals surface area contributed by atoms with E-state index in [1.807, 2.05) is 28.2 Å². The standard InChI is InChI=1S/C6H20N4Si/c1-7-6(8-2,5-9-11)10(3)4/h7-9H,5H2,1-4,11H3. The summed E-state index contributed by atoms with van der Waals surface area (Å²) in [6, 6.07) is 0. The molecule has 0 fully saturated rings. The average Bonchev–Trinajstić information content (AvgIpc) is 2.00. The molecule has 0 saturated heterocycles. The molecule has 5 heteroatoms. The van der Waals surface area contributed by atoms with Gasteiger partial charge in [-0.05, 0) is 28.2 Å². The van der Waals surface area contributed by atoms with E-state index in [0.29, 0.717) is 0 Å². The minimum absolute atomic E-state index is 0.109. The molecule has 0 aliphatic rings. The highest BCUT2D eigenvalue weighted by atomic mass is 28.2. The second kappa shape index (κ2) is 4.84. The summed E-state index contributed by atoms with van der Waals surface area (Å²) in [4.78, 5) is 5.39. The van der Waals surface area contributed by atoms with Crippen LogP contribution in [0.15, 0.2) is 0 Å². The summed E-state index contributed by atoms with van der Waals surface area (Å²) in [7, 11) is 9.02. The third-order valence-corrected chi connectivity index (χ3v) is 2.38. The molecule has 0 spiro atoms. The Hall–Kier alpha value is 0.0569. The van der Waals surface area contributed by atoms with E-state index < -0.39 is 0 Å². The van der Waals surface area contributed by atoms with Gasteiger partial charge in [0.2, 0.25) is 0 Å². The molecule has 68 valence electrons. The van der Waals surface area contributed by atoms with E-state index in [1.54, 1.807) is 0 Å². The van der Waals surface area contributed by atoms with Crippen LogP contribution in [0, 0.1) is 0 Å². The summed E-state index contributed by atoms with van der Waals surface area (Å²) < 4.78 is 0. The van der Waals surface area contributed by atoms with E-state index >= 15 is 0 Å². The normalized spacial score (nSPS) is 12.8. The van der Waals surface area contributed by atoms with Crippen LogP contribution < -0.4 is 15.6 Å². The van der Waals surface area contributed by atoms with Crippen LogP contribution in [-0.2, 0) is 0 Å². The molecule has 0 radical (unpaired) electrons. The summed E-state index contributed by atoms with van der Waals surface area (Å²) >= 11 is 0. The second-order valence-corrected chi connectivity index (χ2v) is 3.49. The van der Waals surface area contributed by atoms with Crippen molar-refractivity contribution in [2.75, 3.05) is 34.7 Å². The van der Waals surface area contributed by atoms with Crippen LogP contribution >= 0.6 is 0 Å². The smallest absolute Gasteiger partial charge is 0.137 e. The summed E-state index contributed by atoms with van der Waals surface area (Å²) in [5.41, 5.74) is 0. The van der Waals surface area contributed by atoms with Crippen LogP contribution in [0.5, 0.6) is 0 Å². The third-order valence-electron chi connectivity index (χ3n) is 2.02. The maximum Gasteiger partial charge on any atom is 0.137 e. The fourth-order valence-electron chi connectivity index (χ4n) is 1.16. The van der Waals surface area contributed by atoms with Gasteiger partial charge < -0.3 is 4.98 Å². The van der Waals surface area contributed by atoms with Crippen LogP contribution in [-0.4, -0.2) is 55.8 Å². The van der Waals surface area contributed by atoms with Crippen molar-refractivity contribution in [2.24, 2.45) is 0 Å². The number of nitrogens with one attached hydrogen (secondary N) is 3. The number of hydrogen-bond acceptors (Lipinski definition) is 4. The van der Waals surface area contributed by atoms with Crippen molar-refractivity contribution in [3.63, 3.8) is 0 Å². The molecule has 11 heavy (non-hydrogen) atoms. The Balaban J connectivity index is 4.20. The predicted octanol–water partition coefficient (Wildman–Crippen LogP) is -2.49. The number of hydrogen-bond donors (Lipinski definition) is 3. The lowest BCUT2D eigenvalue weighted by atomic mass is 10.3. The first kappa shape index (κ1) is 11.1. The number of likely N-dealkylation sites (N-methyl/N-ethyl adjacent to an activating group) is 3. The fourth-order valence-corrected chi connectivity index (χ4v) is 1.67. The van der Waals surface area contributed by atoms with Gasteiger partial charge in [-0.15, -0.1) is 0 Å². The average molecular weight is 176 g/mol. The van der Waals surface area contributed by atoms with E-state index in [4.69, 9.17) is 0 Å². The number of rotatable bonds is 5. The maximum absolute atomic E-state index is 3.26. The molecule has 0 aliphatic carbocycles. The first-order chi connectivity index (χ1) is 5.13. The highest BCUT2D eigenvalue weighted by molar-refractivity contribution is 6.04. The van der Waals surface area contributed by atoms with Crippen molar-refractivity contribution >= 4 is 10.4 Å². The molecule has 0 aromatic rings. The van der Waals surface area contributed by atoms with Gasteiger partial charge in [-0.2, -0.15) is 0 Å². The Morgan fingerprint density at radius 3 is 1.82 bits per heavy atom. The number of nitrogens with zero attached hydrogens (tertiary/aromatic N) is 1. The zero-order valence-electron chi connectivity index (χ0n) is 8.15. The molecule has 0 amide bonds. The quantitative estimate of drug-likeness (QED) is 0.320. The molecule has 0 aromatic heterocycles. The molecular formula is C6H20N4Si. The van der Waals surface area contributed by atoms with Gasteiger partial charge in [0.1, 0.15) is 5.79 Å². The van der Waals surface area contributed by atoms with Crippen LogP contribution in [0.4, 0.5) is 0 Å². The molecule has 0 aromatic carbocycles. The molecule has 0 rings (SSSR count). The lowest BCUT2D eigenvalue weighted by molar-refractivity contribution is 0.0913. The van der Waals surface area contributed by atoms with E-state index in [0.717, 1.165) is 16.9 Å². The van der Waals surface area contributed by atoms with E-state index in [2.05, 4.69) is 20.5 Å². The Morgan fingerprint density at radius 1 is 1.27 bits per heavy atom. The van der Waals surface area contributed by atoms with Gasteiger partial charge in [-0.3, -0.25) is 15.5 Å². The predicted molar refractivity (Wildman–Crippen MR) is 52.5 cm³/mol. The van der Waals surface area contributed by atoms with Gasteiger partial charge in [-0.25, -0.2) is 0 Å². The SMILES string of the molecule is CNC(CN[SiH3])(NC)N(C)C. The lowest BCUT2D eigenvalue weighted by Crippen LogP contribution is -2.68. The van der Waals surface area contributed by atoms with E-state index in [-0.39, 0.29) is 5.79 Å². The zero-order valence-corrected chi connectivity index (χ0v) is 10.2. The minimum atomic E-state index is -0.109. The van der Waals surface area contributed by atoms with Crippen LogP contribution in [0.2, 0.25) is 0 Å². The highest BCUT2D eigenvalue weighted by Gasteiger charge is 2.26. The lowest BCUT2D eigenvalue weighted by Gasteiger charge is -2.39. The minimum Gasteiger partial charge on any atom is -0.341 e. The van der Waals surface area contributed by atoms with Crippen molar-refractivity contribution in [3.8, 4) is 0 Å². The fraction of sp³-hybridized carbons (Fsp3) is 1.00. The van der Waals surface area contributed by atoms with Crippen LogP contribution in [0.1, 0.15) is 0 Å². The van der Waals surface area contributed by atoms with Crippen LogP contribution in [0.3, 0.4) is 0 Å². The first-order valence-corrected chi connectivity index (χ1v) is 4.83. The molecule has 3 N–H and O–H groups in total. The summed E-state index contributed by atoms with van der Waals surface area (Å²) in [5.74, 6) is -0.109. The van der Waals surface area contributed by atoms with Gasteiger partial charge in [0.05, 0.1) is 10.4 Å². The first-order valence-electron chi connectivity index (χ1n) is 3.83. The maximum atomic E-state index is 3.26. The van der Waals surface area contributed by atoms with Gasteiger partial charge in [0, 0.05) is 6.54 Å². The van der Waals surface area contributed by atoms with Gasteiger partial charge in [0.15, 0.2) is 0 Å². The van der Waals surface area contributed by atoms with Gasteiger partial charge in [0.25, 0.3) is 0 Å². The van der Waals surface area contributed by atoms with Crippen molar-refractivity contribution in [2.45, 2.75) is 5.79 Å². The van der Waals surface area contributed by atoms with Gasteiger partial charge >= 0.3 is 0 Å². The molecule has 4 nitrogen and oxygen atoms in total. The van der Waals surface area contributed by atoms with Gasteiger partial charge in [-0.1, -0.05) is 0 Å². The topological polar surface area (TPSA) is 39.3 Å². The molecule has 0 unspecified atom stereocenters. The monoisotopic (exact) mass is 176 g/mol. The molecule has 0 bridgehead atoms. The zero-order chi connectivity index (χ0) is 8.91. The van der Waals surface area contributed by atoms with Crippen molar-refractivity contribution in [3.05, 3.63) is 0 Å². The largest absolute Gasteiger partial charge is 0.341 e. The summed E-state index contributed by atoms with van der Waals surface area (Å²) in [6.45, 7) is 0.916. The molecular weight excluding hydrogens is 156 g/mol.